The molecule has 8 heteroatoms. The zero-order chi connectivity index (χ0) is 15.4. The van der Waals surface area contributed by atoms with Crippen LogP contribution in [0.2, 0.25) is 0 Å². The van der Waals surface area contributed by atoms with Gasteiger partial charge in [-0.2, -0.15) is 4.99 Å². The maximum Gasteiger partial charge on any atom is 0.369 e. The fraction of sp³-hybridized carbons (Fsp3) is 0.231. The number of carbonyl (C=O) groups excluding carboxylic acids is 2. The second-order valence-corrected chi connectivity index (χ2v) is 5.80. The molecule has 1 aromatic carbocycles. The van der Waals surface area contributed by atoms with Gasteiger partial charge < -0.3 is 4.74 Å². The number of carbonyl (C=O) groups is 2. The first-order valence-corrected chi connectivity index (χ1v) is 7.70. The van der Waals surface area contributed by atoms with Gasteiger partial charge in [-0.1, -0.05) is 27.3 Å². The molecule has 21 heavy (non-hydrogen) atoms. The Morgan fingerprint density at radius 3 is 2.62 bits per heavy atom. The Balaban J connectivity index is 2.55. The SMILES string of the molecule is CCOC(=O)c1nn(-c2ccc(Br)cc2)c(=NC(C)=O)s1. The Morgan fingerprint density at radius 1 is 1.38 bits per heavy atom. The quantitative estimate of drug-likeness (QED) is 0.778. The van der Waals surface area contributed by atoms with Crippen LogP contribution in [0.4, 0.5) is 0 Å². The summed E-state index contributed by atoms with van der Waals surface area (Å²) in [6, 6.07) is 7.28. The van der Waals surface area contributed by atoms with Gasteiger partial charge in [-0.05, 0) is 31.2 Å². The normalized spacial score (nSPS) is 11.5. The van der Waals surface area contributed by atoms with Crippen molar-refractivity contribution in [1.29, 1.82) is 0 Å². The number of nitrogens with zero attached hydrogens (tertiary/aromatic N) is 3. The van der Waals surface area contributed by atoms with Gasteiger partial charge in [0, 0.05) is 11.4 Å². The predicted molar refractivity (Wildman–Crippen MR) is 81.3 cm³/mol. The summed E-state index contributed by atoms with van der Waals surface area (Å²) >= 11 is 4.36. The van der Waals surface area contributed by atoms with Crippen LogP contribution in [0.15, 0.2) is 33.7 Å². The van der Waals surface area contributed by atoms with Crippen LogP contribution in [0, 0.1) is 0 Å². The number of hydrogen-bond acceptors (Lipinski definition) is 5. The largest absolute Gasteiger partial charge is 0.461 e. The molecule has 1 aromatic heterocycles. The molecule has 0 atom stereocenters. The zero-order valence-corrected chi connectivity index (χ0v) is 13.8. The Labute approximate surface area is 133 Å². The summed E-state index contributed by atoms with van der Waals surface area (Å²) in [7, 11) is 0. The van der Waals surface area contributed by atoms with Crippen molar-refractivity contribution < 1.29 is 14.3 Å². The van der Waals surface area contributed by atoms with Crippen molar-refractivity contribution in [2.24, 2.45) is 4.99 Å². The number of halogens is 1. The standard InChI is InChI=1S/C13H12BrN3O3S/c1-3-20-12(19)11-16-17(13(21-11)15-8(2)18)10-6-4-9(14)5-7-10/h4-7H,3H2,1-2H3. The topological polar surface area (TPSA) is 73.5 Å². The van der Waals surface area contributed by atoms with E-state index in [1.807, 2.05) is 12.1 Å². The van der Waals surface area contributed by atoms with E-state index in [1.165, 1.54) is 11.6 Å². The molecule has 0 aliphatic carbocycles. The number of rotatable bonds is 3. The molecule has 2 aromatic rings. The number of hydrogen-bond donors (Lipinski definition) is 0. The minimum atomic E-state index is -0.529. The molecule has 6 nitrogen and oxygen atoms in total. The minimum absolute atomic E-state index is 0.153. The van der Waals surface area contributed by atoms with E-state index in [2.05, 4.69) is 26.0 Å². The number of benzene rings is 1. The van der Waals surface area contributed by atoms with Crippen molar-refractivity contribution in [3.05, 3.63) is 38.5 Å². The van der Waals surface area contributed by atoms with E-state index in [0.29, 0.717) is 10.5 Å². The molecule has 0 spiro atoms. The third-order valence-electron chi connectivity index (χ3n) is 2.33. The van der Waals surface area contributed by atoms with Gasteiger partial charge >= 0.3 is 5.97 Å². The van der Waals surface area contributed by atoms with E-state index < -0.39 is 5.97 Å². The van der Waals surface area contributed by atoms with Gasteiger partial charge in [0.05, 0.1) is 12.3 Å². The molecular weight excluding hydrogens is 358 g/mol. The van der Waals surface area contributed by atoms with Crippen LogP contribution in [0.3, 0.4) is 0 Å². The minimum Gasteiger partial charge on any atom is -0.461 e. The first-order chi connectivity index (χ1) is 10.0. The lowest BCUT2D eigenvalue weighted by molar-refractivity contribution is -0.116. The highest BCUT2D eigenvalue weighted by atomic mass is 79.9. The summed E-state index contributed by atoms with van der Waals surface area (Å²) in [6.45, 7) is 3.32. The molecule has 1 heterocycles. The van der Waals surface area contributed by atoms with Gasteiger partial charge in [0.1, 0.15) is 0 Å². The highest BCUT2D eigenvalue weighted by Gasteiger charge is 2.15. The van der Waals surface area contributed by atoms with E-state index in [-0.39, 0.29) is 17.5 Å². The van der Waals surface area contributed by atoms with Gasteiger partial charge in [0.15, 0.2) is 0 Å². The molecule has 110 valence electrons. The summed E-state index contributed by atoms with van der Waals surface area (Å²) in [6.07, 6.45) is 0. The van der Waals surface area contributed by atoms with Crippen molar-refractivity contribution in [2.75, 3.05) is 6.61 Å². The van der Waals surface area contributed by atoms with E-state index in [9.17, 15) is 9.59 Å². The number of esters is 1. The van der Waals surface area contributed by atoms with Gasteiger partial charge in [-0.25, -0.2) is 9.48 Å². The van der Waals surface area contributed by atoms with Crippen LogP contribution in [0.5, 0.6) is 0 Å². The molecule has 0 bridgehead atoms. The maximum atomic E-state index is 11.8. The van der Waals surface area contributed by atoms with Crippen LogP contribution in [-0.2, 0) is 9.53 Å². The van der Waals surface area contributed by atoms with Crippen LogP contribution < -0.4 is 4.80 Å². The monoisotopic (exact) mass is 369 g/mol. The van der Waals surface area contributed by atoms with E-state index in [0.717, 1.165) is 15.8 Å². The third-order valence-corrected chi connectivity index (χ3v) is 3.75. The molecular formula is C13H12BrN3O3S. The summed E-state index contributed by atoms with van der Waals surface area (Å²) < 4.78 is 7.28. The fourth-order valence-electron chi connectivity index (χ4n) is 1.51. The van der Waals surface area contributed by atoms with Crippen molar-refractivity contribution in [3.8, 4) is 5.69 Å². The summed E-state index contributed by atoms with van der Waals surface area (Å²) in [5, 5.41) is 4.33. The first kappa shape index (κ1) is 15.6. The molecule has 2 rings (SSSR count). The Morgan fingerprint density at radius 2 is 2.05 bits per heavy atom. The zero-order valence-electron chi connectivity index (χ0n) is 11.4. The molecule has 0 aliphatic heterocycles. The highest BCUT2D eigenvalue weighted by molar-refractivity contribution is 9.10. The fourth-order valence-corrected chi connectivity index (χ4v) is 2.62. The van der Waals surface area contributed by atoms with Crippen molar-refractivity contribution in [1.82, 2.24) is 9.78 Å². The van der Waals surface area contributed by atoms with Gasteiger partial charge in [-0.15, -0.1) is 5.10 Å². The molecule has 0 aliphatic rings. The van der Waals surface area contributed by atoms with E-state index in [4.69, 9.17) is 4.74 Å². The number of ether oxygens (including phenoxy) is 1. The predicted octanol–water partition coefficient (Wildman–Crippen LogP) is 2.32. The molecule has 0 unspecified atom stereocenters. The molecule has 0 radical (unpaired) electrons. The molecule has 0 fully saturated rings. The molecule has 0 saturated heterocycles. The van der Waals surface area contributed by atoms with Crippen molar-refractivity contribution >= 4 is 39.1 Å². The van der Waals surface area contributed by atoms with Gasteiger partial charge in [0.25, 0.3) is 0 Å². The summed E-state index contributed by atoms with van der Waals surface area (Å²) in [5.74, 6) is -0.890. The molecule has 1 amide bonds. The van der Waals surface area contributed by atoms with Crippen molar-refractivity contribution in [2.45, 2.75) is 13.8 Å². The average Bonchev–Trinajstić information content (AvgIpc) is 2.83. The van der Waals surface area contributed by atoms with Crippen LogP contribution in [0.1, 0.15) is 23.6 Å². The number of aromatic nitrogens is 2. The van der Waals surface area contributed by atoms with Crippen LogP contribution in [-0.4, -0.2) is 28.3 Å². The second kappa shape index (κ2) is 6.77. The molecule has 0 saturated carbocycles. The Hall–Kier alpha value is -1.80. The number of amides is 1. The smallest absolute Gasteiger partial charge is 0.369 e. The molecule has 0 N–H and O–H groups in total. The lowest BCUT2D eigenvalue weighted by Crippen LogP contribution is -2.16. The second-order valence-electron chi connectivity index (χ2n) is 3.93. The van der Waals surface area contributed by atoms with Gasteiger partial charge in [-0.3, -0.25) is 4.79 Å². The third kappa shape index (κ3) is 3.85. The highest BCUT2D eigenvalue weighted by Crippen LogP contribution is 2.13. The Kier molecular flexibility index (Phi) is 5.03. The van der Waals surface area contributed by atoms with E-state index in [1.54, 1.807) is 19.1 Å². The van der Waals surface area contributed by atoms with E-state index >= 15 is 0 Å². The average molecular weight is 370 g/mol. The van der Waals surface area contributed by atoms with Crippen molar-refractivity contribution in [3.63, 3.8) is 0 Å². The first-order valence-electron chi connectivity index (χ1n) is 6.09. The summed E-state index contributed by atoms with van der Waals surface area (Å²) in [4.78, 5) is 27.2. The lowest BCUT2D eigenvalue weighted by atomic mass is 10.3. The summed E-state index contributed by atoms with van der Waals surface area (Å²) in [5.41, 5.74) is 0.699. The van der Waals surface area contributed by atoms with Crippen LogP contribution >= 0.6 is 27.3 Å². The van der Waals surface area contributed by atoms with Gasteiger partial charge in [0.2, 0.25) is 15.7 Å². The Bertz CT molecular complexity index is 734. The van der Waals surface area contributed by atoms with Crippen LogP contribution in [0.25, 0.3) is 5.69 Å². The lowest BCUT2D eigenvalue weighted by Gasteiger charge is -2.00. The maximum absolute atomic E-state index is 11.8.